The Morgan fingerprint density at radius 2 is 1.39 bits per heavy atom. The smallest absolute Gasteiger partial charge is 0.101 e. The fourth-order valence-corrected chi connectivity index (χ4v) is 2.47. The third kappa shape index (κ3) is 2.02. The molecule has 2 heteroatoms. The Balaban J connectivity index is 1.97. The molecule has 2 aromatic carbocycles. The van der Waals surface area contributed by atoms with Crippen molar-refractivity contribution >= 4 is 5.84 Å². The van der Waals surface area contributed by atoms with Gasteiger partial charge in [0, 0.05) is 0 Å². The summed E-state index contributed by atoms with van der Waals surface area (Å²) in [6.45, 7) is 2.03. The van der Waals surface area contributed by atoms with E-state index in [1.54, 1.807) is 0 Å². The average Bonchev–Trinajstić information content (AvgIpc) is 2.83. The number of hydrogen-bond acceptors (Lipinski definition) is 2. The van der Waals surface area contributed by atoms with E-state index in [9.17, 15) is 0 Å². The summed E-state index contributed by atoms with van der Waals surface area (Å²) in [6, 6.07) is 21.4. The lowest BCUT2D eigenvalue weighted by atomic mass is 9.95. The maximum absolute atomic E-state index is 4.72. The fourth-order valence-electron chi connectivity index (χ4n) is 2.47. The van der Waals surface area contributed by atoms with Crippen LogP contribution in [0.3, 0.4) is 0 Å². The fraction of sp³-hybridized carbons (Fsp3) is 0.188. The molecule has 18 heavy (non-hydrogen) atoms. The summed E-state index contributed by atoms with van der Waals surface area (Å²) >= 11 is 0. The summed E-state index contributed by atoms with van der Waals surface area (Å²) in [5, 5.41) is 3.47. The highest BCUT2D eigenvalue weighted by atomic mass is 15.1. The van der Waals surface area contributed by atoms with Crippen LogP contribution in [0.5, 0.6) is 0 Å². The Hall–Kier alpha value is -2.09. The van der Waals surface area contributed by atoms with Crippen molar-refractivity contribution in [3.8, 4) is 0 Å². The predicted octanol–water partition coefficient (Wildman–Crippen LogP) is 3.49. The van der Waals surface area contributed by atoms with Crippen molar-refractivity contribution in [1.82, 2.24) is 5.32 Å². The van der Waals surface area contributed by atoms with Gasteiger partial charge in [-0.05, 0) is 18.1 Å². The van der Waals surface area contributed by atoms with Crippen LogP contribution in [0.2, 0.25) is 0 Å². The Morgan fingerprint density at radius 1 is 0.833 bits per heavy atom. The van der Waals surface area contributed by atoms with E-state index in [4.69, 9.17) is 4.99 Å². The van der Waals surface area contributed by atoms with E-state index in [0.29, 0.717) is 0 Å². The van der Waals surface area contributed by atoms with Gasteiger partial charge in [-0.3, -0.25) is 4.99 Å². The number of aliphatic imine (C=N–C) groups is 1. The summed E-state index contributed by atoms with van der Waals surface area (Å²) in [5.74, 6) is 1.01. The Morgan fingerprint density at radius 3 is 2.00 bits per heavy atom. The normalized spacial score (nSPS) is 22.4. The molecule has 0 radical (unpaired) electrons. The van der Waals surface area contributed by atoms with Crippen molar-refractivity contribution in [1.29, 1.82) is 0 Å². The van der Waals surface area contributed by atoms with Crippen LogP contribution in [0.25, 0.3) is 0 Å². The molecule has 0 fully saturated rings. The minimum atomic E-state index is 0.175. The summed E-state index contributed by atoms with van der Waals surface area (Å²) in [5.41, 5.74) is 2.54. The number of amidine groups is 1. The van der Waals surface area contributed by atoms with Crippen LogP contribution in [-0.2, 0) is 0 Å². The third-order valence-electron chi connectivity index (χ3n) is 3.31. The first-order valence-electron chi connectivity index (χ1n) is 6.25. The monoisotopic (exact) mass is 236 g/mol. The molecule has 1 aliphatic rings. The maximum Gasteiger partial charge on any atom is 0.101 e. The highest BCUT2D eigenvalue weighted by molar-refractivity contribution is 5.82. The van der Waals surface area contributed by atoms with Gasteiger partial charge in [-0.15, -0.1) is 0 Å². The number of nitrogens with zero attached hydrogens (tertiary/aromatic N) is 1. The number of benzene rings is 2. The van der Waals surface area contributed by atoms with Gasteiger partial charge in [0.25, 0.3) is 0 Å². The standard InChI is InChI=1S/C16H16N2/c1-12-17-15(13-8-4-2-5-9-13)16(18-12)14-10-6-3-7-11-14/h2-11,15-16H,1H3,(H,17,18)/t15-,16+. The zero-order chi connectivity index (χ0) is 12.4. The molecule has 90 valence electrons. The van der Waals surface area contributed by atoms with Gasteiger partial charge in [0.1, 0.15) is 6.04 Å². The van der Waals surface area contributed by atoms with Gasteiger partial charge in [-0.25, -0.2) is 0 Å². The first-order valence-corrected chi connectivity index (χ1v) is 6.25. The van der Waals surface area contributed by atoms with Gasteiger partial charge in [0.15, 0.2) is 0 Å². The zero-order valence-electron chi connectivity index (χ0n) is 10.4. The molecular weight excluding hydrogens is 220 g/mol. The molecule has 0 saturated carbocycles. The topological polar surface area (TPSA) is 24.4 Å². The van der Waals surface area contributed by atoms with E-state index in [1.807, 2.05) is 19.1 Å². The Labute approximate surface area is 107 Å². The maximum atomic E-state index is 4.72. The molecule has 3 rings (SSSR count). The SMILES string of the molecule is CC1=N[C@H](c2ccccc2)[C@H](c2ccccc2)N1. The van der Waals surface area contributed by atoms with Crippen molar-refractivity contribution in [2.24, 2.45) is 4.99 Å². The van der Waals surface area contributed by atoms with Crippen molar-refractivity contribution < 1.29 is 0 Å². The van der Waals surface area contributed by atoms with Crippen LogP contribution in [0.15, 0.2) is 65.7 Å². The van der Waals surface area contributed by atoms with Crippen LogP contribution in [0, 0.1) is 0 Å². The van der Waals surface area contributed by atoms with Gasteiger partial charge in [0.2, 0.25) is 0 Å². The molecule has 0 spiro atoms. The van der Waals surface area contributed by atoms with Crippen LogP contribution >= 0.6 is 0 Å². The summed E-state index contributed by atoms with van der Waals surface area (Å²) in [6.07, 6.45) is 0. The molecule has 0 aromatic heterocycles. The highest BCUT2D eigenvalue weighted by Gasteiger charge is 2.29. The van der Waals surface area contributed by atoms with Gasteiger partial charge >= 0.3 is 0 Å². The predicted molar refractivity (Wildman–Crippen MR) is 74.6 cm³/mol. The molecule has 0 aliphatic carbocycles. The third-order valence-corrected chi connectivity index (χ3v) is 3.31. The van der Waals surface area contributed by atoms with Crippen molar-refractivity contribution in [3.05, 3.63) is 71.8 Å². The second-order valence-electron chi connectivity index (χ2n) is 4.60. The largest absolute Gasteiger partial charge is 0.365 e. The summed E-state index contributed by atoms with van der Waals surface area (Å²) in [4.78, 5) is 4.72. The summed E-state index contributed by atoms with van der Waals surface area (Å²) in [7, 11) is 0. The van der Waals surface area contributed by atoms with Crippen molar-refractivity contribution in [2.45, 2.75) is 19.0 Å². The molecule has 0 saturated heterocycles. The summed E-state index contributed by atoms with van der Waals surface area (Å²) < 4.78 is 0. The molecule has 0 amide bonds. The molecular formula is C16H16N2. The van der Waals surface area contributed by atoms with Crippen molar-refractivity contribution in [3.63, 3.8) is 0 Å². The number of nitrogens with one attached hydrogen (secondary N) is 1. The molecule has 1 heterocycles. The Bertz CT molecular complexity index is 546. The van der Waals surface area contributed by atoms with E-state index >= 15 is 0 Å². The lowest BCUT2D eigenvalue weighted by Gasteiger charge is -2.19. The van der Waals surface area contributed by atoms with Crippen LogP contribution in [0.4, 0.5) is 0 Å². The van der Waals surface area contributed by atoms with Gasteiger partial charge in [-0.2, -0.15) is 0 Å². The first kappa shape index (κ1) is 11.0. The second kappa shape index (κ2) is 4.65. The van der Waals surface area contributed by atoms with E-state index in [0.717, 1.165) is 5.84 Å². The average molecular weight is 236 g/mol. The second-order valence-corrected chi connectivity index (χ2v) is 4.60. The molecule has 0 bridgehead atoms. The van der Waals surface area contributed by atoms with E-state index in [1.165, 1.54) is 11.1 Å². The first-order chi connectivity index (χ1) is 8.84. The van der Waals surface area contributed by atoms with E-state index < -0.39 is 0 Å². The lowest BCUT2D eigenvalue weighted by Crippen LogP contribution is -2.22. The number of hydrogen-bond donors (Lipinski definition) is 1. The minimum Gasteiger partial charge on any atom is -0.365 e. The molecule has 1 aliphatic heterocycles. The van der Waals surface area contributed by atoms with Gasteiger partial charge in [0.05, 0.1) is 11.9 Å². The molecule has 2 nitrogen and oxygen atoms in total. The lowest BCUT2D eigenvalue weighted by molar-refractivity contribution is 0.572. The van der Waals surface area contributed by atoms with E-state index in [2.05, 4.69) is 53.8 Å². The highest BCUT2D eigenvalue weighted by Crippen LogP contribution is 2.35. The zero-order valence-corrected chi connectivity index (χ0v) is 10.4. The Kier molecular flexibility index (Phi) is 2.85. The quantitative estimate of drug-likeness (QED) is 0.848. The number of rotatable bonds is 2. The van der Waals surface area contributed by atoms with Crippen LogP contribution < -0.4 is 5.32 Å². The van der Waals surface area contributed by atoms with Crippen LogP contribution in [-0.4, -0.2) is 5.84 Å². The van der Waals surface area contributed by atoms with Gasteiger partial charge < -0.3 is 5.32 Å². The molecule has 1 N–H and O–H groups in total. The molecule has 2 atom stereocenters. The molecule has 2 aromatic rings. The molecule has 0 unspecified atom stereocenters. The van der Waals surface area contributed by atoms with Gasteiger partial charge in [-0.1, -0.05) is 60.7 Å². The van der Waals surface area contributed by atoms with E-state index in [-0.39, 0.29) is 12.1 Å². The minimum absolute atomic E-state index is 0.175. The van der Waals surface area contributed by atoms with Crippen molar-refractivity contribution in [2.75, 3.05) is 0 Å². The van der Waals surface area contributed by atoms with Crippen LogP contribution in [0.1, 0.15) is 30.1 Å².